The van der Waals surface area contributed by atoms with Crippen LogP contribution >= 0.6 is 0 Å². The monoisotopic (exact) mass is 362 g/mol. The van der Waals surface area contributed by atoms with Crippen LogP contribution in [0.1, 0.15) is 35.6 Å². The van der Waals surface area contributed by atoms with Crippen LogP contribution < -0.4 is 5.32 Å². The first-order valence-corrected chi connectivity index (χ1v) is 8.92. The van der Waals surface area contributed by atoms with Gasteiger partial charge in [0.05, 0.1) is 24.9 Å². The van der Waals surface area contributed by atoms with Gasteiger partial charge in [0.2, 0.25) is 5.91 Å². The molecule has 1 aliphatic heterocycles. The molecule has 2 atom stereocenters. The Labute approximate surface area is 152 Å². The van der Waals surface area contributed by atoms with E-state index in [-0.39, 0.29) is 18.1 Å². The maximum atomic E-state index is 12.3. The summed E-state index contributed by atoms with van der Waals surface area (Å²) in [6, 6.07) is 1.88. The Hall–Kier alpha value is -2.19. The van der Waals surface area contributed by atoms with Crippen LogP contribution in [0.2, 0.25) is 0 Å². The maximum Gasteiger partial charge on any atom is 0.220 e. The number of aromatic nitrogens is 3. The highest BCUT2D eigenvalue weighted by Crippen LogP contribution is 2.18. The van der Waals surface area contributed by atoms with E-state index in [1.807, 2.05) is 27.0 Å². The van der Waals surface area contributed by atoms with Crippen LogP contribution in [0.25, 0.3) is 0 Å². The van der Waals surface area contributed by atoms with Crippen molar-refractivity contribution in [3.05, 3.63) is 35.0 Å². The molecule has 1 amide bonds. The van der Waals surface area contributed by atoms with Crippen molar-refractivity contribution in [2.75, 3.05) is 13.2 Å². The van der Waals surface area contributed by atoms with Crippen molar-refractivity contribution >= 4 is 5.91 Å². The third-order valence-electron chi connectivity index (χ3n) is 4.80. The summed E-state index contributed by atoms with van der Waals surface area (Å²) in [5.74, 6) is 0.778. The van der Waals surface area contributed by atoms with Gasteiger partial charge < -0.3 is 19.3 Å². The molecule has 1 fully saturated rings. The lowest BCUT2D eigenvalue weighted by atomic mass is 10.1. The fourth-order valence-electron chi connectivity index (χ4n) is 3.11. The first-order valence-electron chi connectivity index (χ1n) is 8.92. The average Bonchev–Trinajstić information content (AvgIpc) is 3.18. The summed E-state index contributed by atoms with van der Waals surface area (Å²) in [5.41, 5.74) is 2.83. The Morgan fingerprint density at radius 3 is 3.00 bits per heavy atom. The highest BCUT2D eigenvalue weighted by atomic mass is 16.5. The van der Waals surface area contributed by atoms with E-state index in [1.165, 1.54) is 0 Å². The van der Waals surface area contributed by atoms with Gasteiger partial charge >= 0.3 is 0 Å². The molecule has 8 nitrogen and oxygen atoms in total. The van der Waals surface area contributed by atoms with Crippen molar-refractivity contribution in [1.29, 1.82) is 0 Å². The van der Waals surface area contributed by atoms with Crippen LogP contribution in [0, 0.1) is 13.8 Å². The van der Waals surface area contributed by atoms with Crippen LogP contribution in [0.5, 0.6) is 0 Å². The standard InChI is InChI=1S/C18H26N4O4/c1-12-15(13(2)26-21-12)10-25-17-11-24-9-7-16(17)20-18(23)5-4-14-6-8-19-22(14)3/h6,8,16-17H,4-5,7,9-11H2,1-3H3,(H,20,23)/t16-,17-/m1/s1. The van der Waals surface area contributed by atoms with Gasteiger partial charge in [-0.05, 0) is 32.8 Å². The number of ether oxygens (including phenoxy) is 2. The molecule has 3 rings (SSSR count). The van der Waals surface area contributed by atoms with E-state index in [2.05, 4.69) is 15.6 Å². The lowest BCUT2D eigenvalue weighted by Crippen LogP contribution is -2.50. The number of hydrogen-bond acceptors (Lipinski definition) is 6. The molecular formula is C18H26N4O4. The minimum atomic E-state index is -0.182. The molecule has 1 saturated heterocycles. The van der Waals surface area contributed by atoms with E-state index in [9.17, 15) is 4.79 Å². The molecule has 0 radical (unpaired) electrons. The van der Waals surface area contributed by atoms with Gasteiger partial charge in [-0.1, -0.05) is 5.16 Å². The number of nitrogens with one attached hydrogen (secondary N) is 1. The van der Waals surface area contributed by atoms with Crippen molar-refractivity contribution < 1.29 is 18.8 Å². The van der Waals surface area contributed by atoms with E-state index in [1.54, 1.807) is 10.9 Å². The minimum absolute atomic E-state index is 0.0176. The molecule has 0 bridgehead atoms. The minimum Gasteiger partial charge on any atom is -0.379 e. The van der Waals surface area contributed by atoms with Gasteiger partial charge in [-0.2, -0.15) is 5.10 Å². The predicted molar refractivity (Wildman–Crippen MR) is 93.4 cm³/mol. The van der Waals surface area contributed by atoms with Crippen LogP contribution in [-0.2, 0) is 34.3 Å². The van der Waals surface area contributed by atoms with Gasteiger partial charge in [0.15, 0.2) is 0 Å². The van der Waals surface area contributed by atoms with Gasteiger partial charge in [-0.25, -0.2) is 0 Å². The van der Waals surface area contributed by atoms with Gasteiger partial charge in [0.25, 0.3) is 0 Å². The van der Waals surface area contributed by atoms with E-state index in [4.69, 9.17) is 14.0 Å². The number of nitrogens with zero attached hydrogens (tertiary/aromatic N) is 3. The number of rotatable bonds is 7. The molecule has 8 heteroatoms. The zero-order chi connectivity index (χ0) is 18.5. The van der Waals surface area contributed by atoms with Crippen LogP contribution in [-0.4, -0.2) is 46.2 Å². The molecule has 3 heterocycles. The summed E-state index contributed by atoms with van der Waals surface area (Å²) in [7, 11) is 1.88. The average molecular weight is 362 g/mol. The summed E-state index contributed by atoms with van der Waals surface area (Å²) in [6.45, 7) is 5.25. The summed E-state index contributed by atoms with van der Waals surface area (Å²) in [5, 5.41) is 11.2. The molecule has 26 heavy (non-hydrogen) atoms. The zero-order valence-corrected chi connectivity index (χ0v) is 15.5. The number of aryl methyl sites for hydroxylation is 4. The zero-order valence-electron chi connectivity index (χ0n) is 15.5. The molecule has 0 unspecified atom stereocenters. The van der Waals surface area contributed by atoms with Gasteiger partial charge in [-0.3, -0.25) is 9.48 Å². The highest BCUT2D eigenvalue weighted by Gasteiger charge is 2.28. The number of hydrogen-bond donors (Lipinski definition) is 1. The molecular weight excluding hydrogens is 336 g/mol. The molecule has 0 aliphatic carbocycles. The molecule has 0 saturated carbocycles. The van der Waals surface area contributed by atoms with E-state index < -0.39 is 0 Å². The molecule has 1 N–H and O–H groups in total. The number of carbonyl (C=O) groups is 1. The van der Waals surface area contributed by atoms with E-state index >= 15 is 0 Å². The quantitative estimate of drug-likeness (QED) is 0.802. The Balaban J connectivity index is 1.51. The smallest absolute Gasteiger partial charge is 0.220 e. The SMILES string of the molecule is Cc1noc(C)c1CO[C@@H]1COCC[C@H]1NC(=O)CCc1ccnn1C. The summed E-state index contributed by atoms with van der Waals surface area (Å²) in [6.07, 6.45) is 3.38. The topological polar surface area (TPSA) is 91.4 Å². The largest absolute Gasteiger partial charge is 0.379 e. The first kappa shape index (κ1) is 18.6. The molecule has 2 aromatic heterocycles. The first-order chi connectivity index (χ1) is 12.5. The van der Waals surface area contributed by atoms with Crippen molar-refractivity contribution in [2.45, 2.75) is 51.9 Å². The van der Waals surface area contributed by atoms with Gasteiger partial charge in [0.1, 0.15) is 11.9 Å². The molecule has 142 valence electrons. The Bertz CT molecular complexity index is 720. The van der Waals surface area contributed by atoms with Crippen LogP contribution in [0.3, 0.4) is 0 Å². The van der Waals surface area contributed by atoms with E-state index in [0.717, 1.165) is 29.1 Å². The third-order valence-corrected chi connectivity index (χ3v) is 4.80. The lowest BCUT2D eigenvalue weighted by Gasteiger charge is -2.32. The highest BCUT2D eigenvalue weighted by molar-refractivity contribution is 5.76. The normalized spacial score (nSPS) is 20.3. The molecule has 0 spiro atoms. The van der Waals surface area contributed by atoms with Crippen molar-refractivity contribution in [3.63, 3.8) is 0 Å². The van der Waals surface area contributed by atoms with E-state index in [0.29, 0.717) is 32.7 Å². The maximum absolute atomic E-state index is 12.3. The predicted octanol–water partition coefficient (Wildman–Crippen LogP) is 1.45. The lowest BCUT2D eigenvalue weighted by molar-refractivity contribution is -0.126. The second kappa shape index (κ2) is 8.46. The molecule has 1 aliphatic rings. The fraction of sp³-hybridized carbons (Fsp3) is 0.611. The third kappa shape index (κ3) is 4.50. The van der Waals surface area contributed by atoms with Crippen LogP contribution in [0.4, 0.5) is 0 Å². The van der Waals surface area contributed by atoms with Crippen molar-refractivity contribution in [3.8, 4) is 0 Å². The second-order valence-corrected chi connectivity index (χ2v) is 6.64. The van der Waals surface area contributed by atoms with Crippen molar-refractivity contribution in [1.82, 2.24) is 20.3 Å². The summed E-state index contributed by atoms with van der Waals surface area (Å²) >= 11 is 0. The Morgan fingerprint density at radius 2 is 2.31 bits per heavy atom. The number of carbonyl (C=O) groups excluding carboxylic acids is 1. The van der Waals surface area contributed by atoms with Crippen LogP contribution in [0.15, 0.2) is 16.8 Å². The van der Waals surface area contributed by atoms with Gasteiger partial charge in [0, 0.05) is 37.5 Å². The fourth-order valence-corrected chi connectivity index (χ4v) is 3.11. The summed E-state index contributed by atoms with van der Waals surface area (Å²) in [4.78, 5) is 12.3. The van der Waals surface area contributed by atoms with Gasteiger partial charge in [-0.15, -0.1) is 0 Å². The summed E-state index contributed by atoms with van der Waals surface area (Å²) < 4.78 is 18.5. The Morgan fingerprint density at radius 1 is 1.46 bits per heavy atom. The second-order valence-electron chi connectivity index (χ2n) is 6.64. The van der Waals surface area contributed by atoms with Crippen molar-refractivity contribution in [2.24, 2.45) is 7.05 Å². The molecule has 2 aromatic rings. The number of amides is 1. The molecule has 0 aromatic carbocycles. The Kier molecular flexibility index (Phi) is 6.05.